The smallest absolute Gasteiger partial charge is 0.242 e. The van der Waals surface area contributed by atoms with Gasteiger partial charge in [-0.3, -0.25) is 9.89 Å². The van der Waals surface area contributed by atoms with E-state index in [1.54, 1.807) is 6.92 Å². The molecule has 0 saturated heterocycles. The average molecular weight is 305 g/mol. The molecule has 21 heavy (non-hydrogen) atoms. The minimum Gasteiger partial charge on any atom is -0.322 e. The maximum atomic E-state index is 14.2. The number of nitrogens with one attached hydrogen (secondary N) is 2. The van der Waals surface area contributed by atoms with Crippen molar-refractivity contribution in [2.24, 2.45) is 5.92 Å². The fraction of sp³-hybridized carbons (Fsp3) is 0.214. The first kappa shape index (κ1) is 13.6. The number of carbonyl (C=O) groups is 1. The maximum Gasteiger partial charge on any atom is 0.242 e. The number of nitriles is 1. The molecular formula is C14H10ClFN4O. The SMILES string of the molecule is Cc1[nH]nc2c1NC(=O)[C@H](C#N)[C@@H]2c1c(F)cccc1Cl. The predicted octanol–water partition coefficient (Wildman–Crippen LogP) is 2.73. The summed E-state index contributed by atoms with van der Waals surface area (Å²) < 4.78 is 14.2. The third-order valence-electron chi connectivity index (χ3n) is 3.58. The lowest BCUT2D eigenvalue weighted by molar-refractivity contribution is -0.119. The quantitative estimate of drug-likeness (QED) is 0.850. The molecule has 1 aromatic carbocycles. The number of nitrogens with zero attached hydrogens (tertiary/aromatic N) is 2. The van der Waals surface area contributed by atoms with Crippen molar-refractivity contribution < 1.29 is 9.18 Å². The van der Waals surface area contributed by atoms with Gasteiger partial charge in [-0.25, -0.2) is 4.39 Å². The van der Waals surface area contributed by atoms with Crippen LogP contribution in [0.5, 0.6) is 0 Å². The summed E-state index contributed by atoms with van der Waals surface area (Å²) in [6.07, 6.45) is 0. The molecule has 0 saturated carbocycles. The second-order valence-corrected chi connectivity index (χ2v) is 5.23. The Labute approximate surface area is 124 Å². The lowest BCUT2D eigenvalue weighted by Gasteiger charge is -2.27. The second kappa shape index (κ2) is 4.86. The van der Waals surface area contributed by atoms with Crippen LogP contribution >= 0.6 is 11.6 Å². The zero-order valence-corrected chi connectivity index (χ0v) is 11.7. The van der Waals surface area contributed by atoms with Crippen molar-refractivity contribution in [3.05, 3.63) is 46.0 Å². The van der Waals surface area contributed by atoms with E-state index >= 15 is 0 Å². The molecule has 0 unspecified atom stereocenters. The number of aromatic amines is 1. The number of H-pyrrole nitrogens is 1. The van der Waals surface area contributed by atoms with Gasteiger partial charge in [-0.1, -0.05) is 17.7 Å². The first-order chi connectivity index (χ1) is 10.0. The van der Waals surface area contributed by atoms with E-state index in [1.807, 2.05) is 6.07 Å². The van der Waals surface area contributed by atoms with Crippen LogP contribution < -0.4 is 5.32 Å². The zero-order chi connectivity index (χ0) is 15.1. The van der Waals surface area contributed by atoms with E-state index in [9.17, 15) is 14.4 Å². The molecule has 2 atom stereocenters. The highest BCUT2D eigenvalue weighted by atomic mass is 35.5. The van der Waals surface area contributed by atoms with Crippen LogP contribution in [0.15, 0.2) is 18.2 Å². The van der Waals surface area contributed by atoms with E-state index in [0.29, 0.717) is 17.1 Å². The highest BCUT2D eigenvalue weighted by Gasteiger charge is 2.41. The van der Waals surface area contributed by atoms with Crippen LogP contribution in [0.3, 0.4) is 0 Å². The molecule has 1 amide bonds. The standard InChI is InChI=1S/C14H10ClFN4O/c1-6-12-13(20-19-6)10(7(5-17)14(21)18-12)11-8(15)3-2-4-9(11)16/h2-4,7,10H,1H3,(H,18,21)(H,19,20)/t7-,10-/m1/s1. The highest BCUT2D eigenvalue weighted by Crippen LogP contribution is 2.43. The number of halogens is 2. The predicted molar refractivity (Wildman–Crippen MR) is 74.3 cm³/mol. The molecule has 2 aromatic rings. The molecule has 2 N–H and O–H groups in total. The molecule has 2 heterocycles. The third kappa shape index (κ3) is 1.98. The number of benzene rings is 1. The van der Waals surface area contributed by atoms with Gasteiger partial charge >= 0.3 is 0 Å². The molecule has 0 aliphatic carbocycles. The van der Waals surface area contributed by atoms with Crippen molar-refractivity contribution in [2.45, 2.75) is 12.8 Å². The molecule has 106 valence electrons. The lowest BCUT2D eigenvalue weighted by Crippen LogP contribution is -2.33. The van der Waals surface area contributed by atoms with Gasteiger partial charge in [0.2, 0.25) is 5.91 Å². The van der Waals surface area contributed by atoms with Gasteiger partial charge in [-0.05, 0) is 19.1 Å². The number of hydrogen-bond donors (Lipinski definition) is 2. The van der Waals surface area contributed by atoms with Crippen LogP contribution in [0.2, 0.25) is 5.02 Å². The normalized spacial score (nSPS) is 20.6. The van der Waals surface area contributed by atoms with E-state index in [2.05, 4.69) is 15.5 Å². The summed E-state index contributed by atoms with van der Waals surface area (Å²) in [5.41, 5.74) is 1.67. The summed E-state index contributed by atoms with van der Waals surface area (Å²) >= 11 is 6.09. The van der Waals surface area contributed by atoms with Crippen molar-refractivity contribution in [3.63, 3.8) is 0 Å². The van der Waals surface area contributed by atoms with Crippen LogP contribution in [0.4, 0.5) is 10.1 Å². The molecule has 0 spiro atoms. The van der Waals surface area contributed by atoms with Crippen LogP contribution in [-0.4, -0.2) is 16.1 Å². The van der Waals surface area contributed by atoms with Gasteiger partial charge in [0, 0.05) is 10.6 Å². The molecule has 0 radical (unpaired) electrons. The molecule has 1 aliphatic rings. The fourth-order valence-electron chi connectivity index (χ4n) is 2.59. The molecule has 0 bridgehead atoms. The number of amides is 1. The Morgan fingerprint density at radius 1 is 1.48 bits per heavy atom. The Morgan fingerprint density at radius 3 is 2.90 bits per heavy atom. The number of carbonyl (C=O) groups excluding carboxylic acids is 1. The Kier molecular flexibility index (Phi) is 3.15. The Hall–Kier alpha value is -2.39. The first-order valence-electron chi connectivity index (χ1n) is 6.23. The minimum absolute atomic E-state index is 0.119. The van der Waals surface area contributed by atoms with Crippen molar-refractivity contribution in [1.82, 2.24) is 10.2 Å². The van der Waals surface area contributed by atoms with Crippen LogP contribution in [-0.2, 0) is 4.79 Å². The molecule has 0 fully saturated rings. The Bertz CT molecular complexity index is 760. The maximum absolute atomic E-state index is 14.2. The Balaban J connectivity index is 2.28. The van der Waals surface area contributed by atoms with Gasteiger partial charge in [0.25, 0.3) is 0 Å². The summed E-state index contributed by atoms with van der Waals surface area (Å²) in [5, 5.41) is 18.9. The van der Waals surface area contributed by atoms with E-state index in [0.717, 1.165) is 0 Å². The minimum atomic E-state index is -1.09. The number of rotatable bonds is 1. The number of anilines is 1. The zero-order valence-electron chi connectivity index (χ0n) is 10.9. The average Bonchev–Trinajstić information content (AvgIpc) is 2.80. The van der Waals surface area contributed by atoms with Crippen molar-refractivity contribution in [2.75, 3.05) is 5.32 Å². The summed E-state index contributed by atoms with van der Waals surface area (Å²) in [7, 11) is 0. The van der Waals surface area contributed by atoms with Crippen LogP contribution in [0.25, 0.3) is 0 Å². The van der Waals surface area contributed by atoms with Gasteiger partial charge in [-0.2, -0.15) is 10.4 Å². The van der Waals surface area contributed by atoms with Crippen molar-refractivity contribution in [1.29, 1.82) is 5.26 Å². The number of hydrogen-bond acceptors (Lipinski definition) is 3. The van der Waals surface area contributed by atoms with Gasteiger partial charge < -0.3 is 5.32 Å². The first-order valence-corrected chi connectivity index (χ1v) is 6.61. The van der Waals surface area contributed by atoms with Gasteiger partial charge in [0.15, 0.2) is 0 Å². The molecule has 7 heteroatoms. The molecular weight excluding hydrogens is 295 g/mol. The monoisotopic (exact) mass is 304 g/mol. The van der Waals surface area contributed by atoms with Crippen LogP contribution in [0.1, 0.15) is 22.9 Å². The van der Waals surface area contributed by atoms with Gasteiger partial charge in [0.1, 0.15) is 11.7 Å². The topological polar surface area (TPSA) is 81.6 Å². The summed E-state index contributed by atoms with van der Waals surface area (Å²) in [5.74, 6) is -2.97. The van der Waals surface area contributed by atoms with Crippen LogP contribution in [0, 0.1) is 30.0 Å². The second-order valence-electron chi connectivity index (χ2n) is 4.82. The Morgan fingerprint density at radius 2 is 2.24 bits per heavy atom. The van der Waals surface area contributed by atoms with E-state index in [-0.39, 0.29) is 10.6 Å². The van der Waals surface area contributed by atoms with Crippen molar-refractivity contribution in [3.8, 4) is 6.07 Å². The molecule has 5 nitrogen and oxygen atoms in total. The highest BCUT2D eigenvalue weighted by molar-refractivity contribution is 6.31. The number of fused-ring (bicyclic) bond motifs is 1. The molecule has 1 aliphatic heterocycles. The van der Waals surface area contributed by atoms with Gasteiger partial charge in [-0.15, -0.1) is 0 Å². The van der Waals surface area contributed by atoms with Gasteiger partial charge in [0.05, 0.1) is 29.1 Å². The lowest BCUT2D eigenvalue weighted by atomic mass is 9.80. The fourth-order valence-corrected chi connectivity index (χ4v) is 2.87. The number of aromatic nitrogens is 2. The summed E-state index contributed by atoms with van der Waals surface area (Å²) in [6, 6.07) is 6.17. The summed E-state index contributed by atoms with van der Waals surface area (Å²) in [6.45, 7) is 1.73. The third-order valence-corrected chi connectivity index (χ3v) is 3.91. The largest absolute Gasteiger partial charge is 0.322 e. The van der Waals surface area contributed by atoms with Crippen molar-refractivity contribution >= 4 is 23.2 Å². The molecule has 1 aromatic heterocycles. The van der Waals surface area contributed by atoms with E-state index in [1.165, 1.54) is 18.2 Å². The van der Waals surface area contributed by atoms with E-state index < -0.39 is 23.6 Å². The summed E-state index contributed by atoms with van der Waals surface area (Å²) in [4.78, 5) is 12.1. The van der Waals surface area contributed by atoms with E-state index in [4.69, 9.17) is 11.6 Å². The molecule has 3 rings (SSSR count). The number of aryl methyl sites for hydroxylation is 1.